The summed E-state index contributed by atoms with van der Waals surface area (Å²) in [6.45, 7) is 21.0. The fourth-order valence-electron chi connectivity index (χ4n) is 6.00. The number of hydrogen-bond acceptors (Lipinski definition) is 0. The molecule has 0 unspecified atom stereocenters. The molecule has 162 valence electrons. The molecular formula is C30H28N3+. The Bertz CT molecular complexity index is 1840. The summed E-state index contributed by atoms with van der Waals surface area (Å²) in [7, 11) is 2.15. The molecular weight excluding hydrogens is 402 g/mol. The highest BCUT2D eigenvalue weighted by Gasteiger charge is 2.34. The number of pyridine rings is 2. The molecule has 6 aromatic rings. The lowest BCUT2D eigenvalue weighted by atomic mass is 9.87. The number of nitrogens with zero attached hydrogens (tertiary/aromatic N) is 3. The van der Waals surface area contributed by atoms with Gasteiger partial charge < -0.3 is 9.25 Å². The average Bonchev–Trinajstić information content (AvgIpc) is 3.13. The predicted octanol–water partition coefficient (Wildman–Crippen LogP) is 7.20. The lowest BCUT2D eigenvalue weighted by Gasteiger charge is -2.19. The van der Waals surface area contributed by atoms with E-state index in [0.29, 0.717) is 0 Å². The van der Waals surface area contributed by atoms with Crippen molar-refractivity contribution in [2.24, 2.45) is 7.05 Å². The molecule has 0 radical (unpaired) electrons. The molecule has 3 heteroatoms. The van der Waals surface area contributed by atoms with E-state index >= 15 is 0 Å². The van der Waals surface area contributed by atoms with Crippen LogP contribution >= 0.6 is 0 Å². The monoisotopic (exact) mass is 430 g/mol. The highest BCUT2D eigenvalue weighted by Crippen LogP contribution is 2.47. The van der Waals surface area contributed by atoms with Crippen LogP contribution in [0.5, 0.6) is 0 Å². The number of hydrogen-bond donors (Lipinski definition) is 0. The summed E-state index contributed by atoms with van der Waals surface area (Å²) in [6, 6.07) is 13.4. The van der Waals surface area contributed by atoms with Gasteiger partial charge in [0, 0.05) is 36.2 Å². The molecule has 0 atom stereocenters. The van der Waals surface area contributed by atoms with Gasteiger partial charge in [0.25, 0.3) is 5.54 Å². The topological polar surface area (TPSA) is 12.7 Å². The van der Waals surface area contributed by atoms with E-state index in [4.69, 9.17) is 6.57 Å². The van der Waals surface area contributed by atoms with E-state index in [2.05, 4.69) is 91.2 Å². The Hall–Kier alpha value is -3.64. The molecule has 0 saturated heterocycles. The van der Waals surface area contributed by atoms with Gasteiger partial charge in [-0.05, 0) is 67.5 Å². The second-order valence-electron chi connectivity index (χ2n) is 10.2. The summed E-state index contributed by atoms with van der Waals surface area (Å²) in [6.07, 6.45) is 2.17. The van der Waals surface area contributed by atoms with Gasteiger partial charge >= 0.3 is 0 Å². The zero-order valence-electron chi connectivity index (χ0n) is 20.4. The van der Waals surface area contributed by atoms with Crippen LogP contribution in [0, 0.1) is 34.3 Å². The van der Waals surface area contributed by atoms with Crippen molar-refractivity contribution in [3.05, 3.63) is 81.8 Å². The Morgan fingerprint density at radius 2 is 1.61 bits per heavy atom. The Morgan fingerprint density at radius 3 is 2.33 bits per heavy atom. The summed E-state index contributed by atoms with van der Waals surface area (Å²) in [4.78, 5) is 4.07. The van der Waals surface area contributed by atoms with Crippen LogP contribution in [-0.2, 0) is 12.6 Å². The van der Waals surface area contributed by atoms with E-state index in [1.807, 2.05) is 13.8 Å². The molecule has 3 aromatic carbocycles. The van der Waals surface area contributed by atoms with Crippen LogP contribution in [0.25, 0.3) is 53.8 Å². The maximum Gasteiger partial charge on any atom is 0.252 e. The van der Waals surface area contributed by atoms with Crippen molar-refractivity contribution in [1.29, 1.82) is 0 Å². The Morgan fingerprint density at radius 1 is 0.848 bits per heavy atom. The van der Waals surface area contributed by atoms with Gasteiger partial charge in [-0.3, -0.25) is 0 Å². The first-order valence-corrected chi connectivity index (χ1v) is 11.6. The van der Waals surface area contributed by atoms with Crippen LogP contribution in [0.4, 0.5) is 0 Å². The van der Waals surface area contributed by atoms with Gasteiger partial charge in [-0.25, -0.2) is 11.1 Å². The Balaban J connectivity index is 2.15. The highest BCUT2D eigenvalue weighted by atomic mass is 15.0. The molecule has 3 aromatic heterocycles. The first kappa shape index (κ1) is 20.0. The smallest absolute Gasteiger partial charge is 0.252 e. The minimum atomic E-state index is -0.619. The molecule has 0 N–H and O–H groups in total. The number of aromatic nitrogens is 2. The van der Waals surface area contributed by atoms with Crippen molar-refractivity contribution >= 4 is 49.0 Å². The molecule has 3 heterocycles. The average molecular weight is 431 g/mol. The molecule has 0 aliphatic rings. The zero-order valence-corrected chi connectivity index (χ0v) is 20.4. The van der Waals surface area contributed by atoms with Crippen LogP contribution in [0.3, 0.4) is 0 Å². The van der Waals surface area contributed by atoms with Gasteiger partial charge in [0.2, 0.25) is 5.52 Å². The summed E-state index contributed by atoms with van der Waals surface area (Å²) in [5, 5.41) is 6.31. The minimum absolute atomic E-state index is 0.619. The molecule has 3 nitrogen and oxygen atoms in total. The van der Waals surface area contributed by atoms with E-state index in [-0.39, 0.29) is 0 Å². The van der Waals surface area contributed by atoms with Gasteiger partial charge in [-0.1, -0.05) is 18.2 Å². The van der Waals surface area contributed by atoms with E-state index in [0.717, 1.165) is 5.56 Å². The lowest BCUT2D eigenvalue weighted by Crippen LogP contribution is -2.29. The third kappa shape index (κ3) is 2.31. The van der Waals surface area contributed by atoms with Crippen molar-refractivity contribution < 1.29 is 4.57 Å². The molecule has 33 heavy (non-hydrogen) atoms. The van der Waals surface area contributed by atoms with Crippen LogP contribution in [0.15, 0.2) is 42.6 Å². The maximum atomic E-state index is 8.00. The highest BCUT2D eigenvalue weighted by molar-refractivity contribution is 6.29. The van der Waals surface area contributed by atoms with Gasteiger partial charge in [0.1, 0.15) is 7.05 Å². The first-order chi connectivity index (χ1) is 15.7. The fourth-order valence-corrected chi connectivity index (χ4v) is 6.00. The number of aryl methyl sites for hydroxylation is 5. The Kier molecular flexibility index (Phi) is 3.78. The van der Waals surface area contributed by atoms with Crippen LogP contribution in [0.1, 0.15) is 41.7 Å². The number of benzene rings is 3. The molecule has 0 spiro atoms. The van der Waals surface area contributed by atoms with Crippen molar-refractivity contribution in [3.8, 4) is 0 Å². The third-order valence-corrected chi connectivity index (χ3v) is 7.77. The van der Waals surface area contributed by atoms with Gasteiger partial charge in [-0.15, -0.1) is 0 Å². The number of rotatable bonds is 1. The van der Waals surface area contributed by atoms with Crippen molar-refractivity contribution in [3.63, 3.8) is 0 Å². The van der Waals surface area contributed by atoms with Crippen LogP contribution < -0.4 is 4.57 Å². The SMILES string of the molecule is [C-]#[N+]C(C)(C)c1cc2cc[n+](C)c3c4c(C)c(C)cc(C)c4n4c5cccc(C)c5c1c4c23. The third-order valence-electron chi connectivity index (χ3n) is 7.77. The van der Waals surface area contributed by atoms with Crippen molar-refractivity contribution in [2.75, 3.05) is 0 Å². The molecule has 6 rings (SSSR count). The first-order valence-electron chi connectivity index (χ1n) is 11.6. The zero-order chi connectivity index (χ0) is 23.4. The van der Waals surface area contributed by atoms with Crippen molar-refractivity contribution in [1.82, 2.24) is 4.40 Å². The summed E-state index contributed by atoms with van der Waals surface area (Å²) >= 11 is 0. The largest absolute Gasteiger partial charge is 0.307 e. The number of fused-ring (bicyclic) bond motifs is 6. The van der Waals surface area contributed by atoms with E-state index in [1.165, 1.54) is 71.3 Å². The van der Waals surface area contributed by atoms with Crippen LogP contribution in [0.2, 0.25) is 0 Å². The molecule has 0 amide bonds. The standard InChI is InChI=1S/C30H28N3/c1-16-10-9-11-22-23(16)26-21(30(5,6)31-7)15-20-12-13-32(8)28-24-19(4)17(2)14-18(3)27(24)33(22)29(26)25(20)28/h9-15H,1-6,8H3/q+1. The second-order valence-corrected chi connectivity index (χ2v) is 10.2. The maximum absolute atomic E-state index is 8.00. The van der Waals surface area contributed by atoms with Crippen LogP contribution in [-0.4, -0.2) is 4.40 Å². The molecule has 0 fully saturated rings. The van der Waals surface area contributed by atoms with Gasteiger partial charge in [-0.2, -0.15) is 0 Å². The molecule has 0 aliphatic heterocycles. The van der Waals surface area contributed by atoms with E-state index < -0.39 is 5.54 Å². The second kappa shape index (κ2) is 6.23. The predicted molar refractivity (Wildman–Crippen MR) is 138 cm³/mol. The van der Waals surface area contributed by atoms with E-state index in [1.54, 1.807) is 0 Å². The minimum Gasteiger partial charge on any atom is -0.307 e. The van der Waals surface area contributed by atoms with E-state index in [9.17, 15) is 0 Å². The summed E-state index contributed by atoms with van der Waals surface area (Å²) in [5.74, 6) is 0. The molecule has 0 saturated carbocycles. The lowest BCUT2D eigenvalue weighted by molar-refractivity contribution is -0.643. The normalized spacial score (nSPS) is 12.7. The molecule has 0 aliphatic carbocycles. The van der Waals surface area contributed by atoms with Gasteiger partial charge in [0.05, 0.1) is 27.3 Å². The molecule has 0 bridgehead atoms. The quantitative estimate of drug-likeness (QED) is 0.113. The summed E-state index contributed by atoms with van der Waals surface area (Å²) < 4.78 is 4.77. The Labute approximate surface area is 194 Å². The van der Waals surface area contributed by atoms with Gasteiger partial charge in [0.15, 0.2) is 6.20 Å². The fraction of sp³-hybridized carbons (Fsp3) is 0.267. The van der Waals surface area contributed by atoms with Crippen molar-refractivity contribution in [2.45, 2.75) is 47.1 Å². The summed E-state index contributed by atoms with van der Waals surface area (Å²) in [5.41, 5.74) is 10.7.